The third-order valence-electron chi connectivity index (χ3n) is 6.00. The van der Waals surface area contributed by atoms with Crippen molar-refractivity contribution in [2.45, 2.75) is 32.1 Å². The molecule has 1 saturated heterocycles. The van der Waals surface area contributed by atoms with Crippen LogP contribution < -0.4 is 0 Å². The highest BCUT2D eigenvalue weighted by atomic mass is 16.3. The molecule has 0 aliphatic carbocycles. The molecule has 5 rings (SSSR count). The van der Waals surface area contributed by atoms with Crippen LogP contribution in [0.25, 0.3) is 33.3 Å². The van der Waals surface area contributed by atoms with Crippen molar-refractivity contribution in [2.24, 2.45) is 0 Å². The average molecular weight is 415 g/mol. The molecule has 158 valence electrons. The zero-order valence-electron chi connectivity index (χ0n) is 17.3. The molecule has 3 aromatic heterocycles. The van der Waals surface area contributed by atoms with Crippen LogP contribution in [0.15, 0.2) is 61.1 Å². The van der Waals surface area contributed by atoms with Crippen LogP contribution in [0, 0.1) is 0 Å². The Balaban J connectivity index is 1.39. The van der Waals surface area contributed by atoms with E-state index in [1.165, 1.54) is 5.56 Å². The minimum atomic E-state index is -0.198. The summed E-state index contributed by atoms with van der Waals surface area (Å²) >= 11 is 0. The van der Waals surface area contributed by atoms with Crippen LogP contribution in [-0.2, 0) is 13.2 Å². The summed E-state index contributed by atoms with van der Waals surface area (Å²) in [5, 5.41) is 20.2. The van der Waals surface area contributed by atoms with E-state index >= 15 is 0 Å². The smallest absolute Gasteiger partial charge is 0.137 e. The maximum absolute atomic E-state index is 9.88. The predicted octanol–water partition coefficient (Wildman–Crippen LogP) is 3.74. The van der Waals surface area contributed by atoms with E-state index in [9.17, 15) is 10.2 Å². The number of pyridine rings is 2. The second-order valence-electron chi connectivity index (χ2n) is 8.25. The van der Waals surface area contributed by atoms with Crippen molar-refractivity contribution < 1.29 is 10.2 Å². The van der Waals surface area contributed by atoms with E-state index in [1.54, 1.807) is 6.20 Å². The molecule has 3 N–H and O–H groups in total. The van der Waals surface area contributed by atoms with Gasteiger partial charge in [-0.1, -0.05) is 30.3 Å². The van der Waals surface area contributed by atoms with Gasteiger partial charge in [0.2, 0.25) is 0 Å². The number of likely N-dealkylation sites (tertiary alicyclic amines) is 1. The second-order valence-corrected chi connectivity index (χ2v) is 8.25. The molecule has 1 fully saturated rings. The highest BCUT2D eigenvalue weighted by Crippen LogP contribution is 2.31. The zero-order valence-corrected chi connectivity index (χ0v) is 17.3. The summed E-state index contributed by atoms with van der Waals surface area (Å²) < 4.78 is 0. The van der Waals surface area contributed by atoms with Crippen molar-refractivity contribution in [3.05, 3.63) is 72.3 Å². The molecule has 1 aromatic carbocycles. The van der Waals surface area contributed by atoms with Gasteiger partial charge in [-0.2, -0.15) is 0 Å². The van der Waals surface area contributed by atoms with Crippen LogP contribution in [0.4, 0.5) is 0 Å². The number of rotatable bonds is 5. The number of aliphatic hydroxyl groups excluding tert-OH is 2. The number of β-amino-alcohol motifs (C(OH)–C–C–N with tert-alkyl or cyclic N) is 1. The molecule has 0 amide bonds. The number of fused-ring (bicyclic) bond motifs is 1. The molecule has 1 aliphatic heterocycles. The van der Waals surface area contributed by atoms with E-state index in [1.807, 2.05) is 24.5 Å². The summed E-state index contributed by atoms with van der Waals surface area (Å²) in [6, 6.07) is 14.6. The molecule has 0 bridgehead atoms. The molecule has 4 aromatic rings. The van der Waals surface area contributed by atoms with Crippen LogP contribution in [0.3, 0.4) is 0 Å². The quantitative estimate of drug-likeness (QED) is 0.463. The Morgan fingerprint density at radius 3 is 2.55 bits per heavy atom. The Morgan fingerprint density at radius 2 is 1.81 bits per heavy atom. The van der Waals surface area contributed by atoms with E-state index in [0.717, 1.165) is 65.8 Å². The number of hydrogen-bond donors (Lipinski definition) is 3. The number of aliphatic hydroxyl groups is 2. The largest absolute Gasteiger partial charge is 0.392 e. The summed E-state index contributed by atoms with van der Waals surface area (Å²) in [6.45, 7) is 2.61. The first kappa shape index (κ1) is 19.9. The number of H-pyrrole nitrogens is 1. The minimum absolute atomic E-state index is 0.0613. The molecule has 6 heteroatoms. The minimum Gasteiger partial charge on any atom is -0.392 e. The van der Waals surface area contributed by atoms with Gasteiger partial charge in [-0.05, 0) is 42.6 Å². The SMILES string of the molecule is OCc1ccc(-c2c[nH]c3ncc(-c4ccc(CN5CCCC(O)C5)cc4)cc23)cn1. The monoisotopic (exact) mass is 414 g/mol. The highest BCUT2D eigenvalue weighted by Gasteiger charge is 2.17. The van der Waals surface area contributed by atoms with Gasteiger partial charge in [0.15, 0.2) is 0 Å². The normalized spacial score (nSPS) is 17.3. The Hall–Kier alpha value is -3.06. The predicted molar refractivity (Wildman–Crippen MR) is 121 cm³/mol. The third-order valence-corrected chi connectivity index (χ3v) is 6.00. The van der Waals surface area contributed by atoms with E-state index < -0.39 is 0 Å². The first-order chi connectivity index (χ1) is 15.2. The van der Waals surface area contributed by atoms with Crippen molar-refractivity contribution in [1.82, 2.24) is 19.9 Å². The zero-order chi connectivity index (χ0) is 21.2. The fraction of sp³-hybridized carbons (Fsp3) is 0.280. The molecular formula is C25H26N4O2. The third kappa shape index (κ3) is 4.23. The summed E-state index contributed by atoms with van der Waals surface area (Å²) in [4.78, 5) is 14.5. The molecule has 31 heavy (non-hydrogen) atoms. The standard InChI is InChI=1S/C25H26N4O2/c30-16-21-8-7-19(11-26-21)24-13-28-25-23(24)10-20(12-27-25)18-5-3-17(4-6-18)14-29-9-1-2-22(31)15-29/h3-8,10-13,22,30-31H,1-2,9,14-16H2,(H,27,28). The van der Waals surface area contributed by atoms with Crippen molar-refractivity contribution >= 4 is 11.0 Å². The van der Waals surface area contributed by atoms with Gasteiger partial charge < -0.3 is 15.2 Å². The number of aromatic amines is 1. The van der Waals surface area contributed by atoms with Crippen LogP contribution in [0.2, 0.25) is 0 Å². The lowest BCUT2D eigenvalue weighted by atomic mass is 10.0. The van der Waals surface area contributed by atoms with Gasteiger partial charge >= 0.3 is 0 Å². The molecule has 1 aliphatic rings. The first-order valence-electron chi connectivity index (χ1n) is 10.7. The van der Waals surface area contributed by atoms with Gasteiger partial charge in [0.1, 0.15) is 5.65 Å². The maximum Gasteiger partial charge on any atom is 0.137 e. The summed E-state index contributed by atoms with van der Waals surface area (Å²) in [6.07, 6.45) is 7.40. The van der Waals surface area contributed by atoms with Crippen molar-refractivity contribution in [2.75, 3.05) is 13.1 Å². The molecule has 0 saturated carbocycles. The molecule has 1 unspecified atom stereocenters. The maximum atomic E-state index is 9.88. The molecule has 4 heterocycles. The molecule has 6 nitrogen and oxygen atoms in total. The van der Waals surface area contributed by atoms with Crippen LogP contribution >= 0.6 is 0 Å². The fourth-order valence-electron chi connectivity index (χ4n) is 4.31. The van der Waals surface area contributed by atoms with Crippen LogP contribution in [-0.4, -0.2) is 49.3 Å². The van der Waals surface area contributed by atoms with E-state index in [2.05, 4.69) is 50.2 Å². The van der Waals surface area contributed by atoms with E-state index in [0.29, 0.717) is 5.69 Å². The average Bonchev–Trinajstić information content (AvgIpc) is 3.23. The molecular weight excluding hydrogens is 388 g/mol. The summed E-state index contributed by atoms with van der Waals surface area (Å²) in [7, 11) is 0. The number of benzene rings is 1. The lowest BCUT2D eigenvalue weighted by Crippen LogP contribution is -2.37. The van der Waals surface area contributed by atoms with Crippen molar-refractivity contribution in [3.63, 3.8) is 0 Å². The summed E-state index contributed by atoms with van der Waals surface area (Å²) in [5.41, 5.74) is 6.96. The lowest BCUT2D eigenvalue weighted by Gasteiger charge is -2.29. The Morgan fingerprint density at radius 1 is 1.00 bits per heavy atom. The number of nitrogens with zero attached hydrogens (tertiary/aromatic N) is 3. The van der Waals surface area contributed by atoms with Gasteiger partial charge in [0.05, 0.1) is 18.4 Å². The van der Waals surface area contributed by atoms with Gasteiger partial charge in [-0.15, -0.1) is 0 Å². The van der Waals surface area contributed by atoms with Gasteiger partial charge in [-0.25, -0.2) is 4.98 Å². The van der Waals surface area contributed by atoms with Gasteiger partial charge in [-0.3, -0.25) is 9.88 Å². The van der Waals surface area contributed by atoms with Gasteiger partial charge in [0, 0.05) is 53.8 Å². The number of hydrogen-bond acceptors (Lipinski definition) is 5. The molecule has 0 spiro atoms. The lowest BCUT2D eigenvalue weighted by molar-refractivity contribution is 0.0668. The van der Waals surface area contributed by atoms with Crippen LogP contribution in [0.5, 0.6) is 0 Å². The molecule has 0 radical (unpaired) electrons. The fourth-order valence-corrected chi connectivity index (χ4v) is 4.31. The number of piperidine rings is 1. The number of aromatic nitrogens is 3. The first-order valence-corrected chi connectivity index (χ1v) is 10.7. The summed E-state index contributed by atoms with van der Waals surface area (Å²) in [5.74, 6) is 0. The topological polar surface area (TPSA) is 85.3 Å². The Labute approximate surface area is 181 Å². The highest BCUT2D eigenvalue weighted by molar-refractivity contribution is 5.95. The Bertz CT molecular complexity index is 1170. The molecule has 1 atom stereocenters. The van der Waals surface area contributed by atoms with Crippen molar-refractivity contribution in [3.8, 4) is 22.3 Å². The van der Waals surface area contributed by atoms with Crippen LogP contribution in [0.1, 0.15) is 24.1 Å². The Kier molecular flexibility index (Phi) is 5.51. The van der Waals surface area contributed by atoms with Gasteiger partial charge in [0.25, 0.3) is 0 Å². The number of nitrogens with one attached hydrogen (secondary N) is 1. The van der Waals surface area contributed by atoms with E-state index in [-0.39, 0.29) is 12.7 Å². The second kappa shape index (κ2) is 8.59. The van der Waals surface area contributed by atoms with E-state index in [4.69, 9.17) is 0 Å². The van der Waals surface area contributed by atoms with Crippen molar-refractivity contribution in [1.29, 1.82) is 0 Å².